The zero-order valence-electron chi connectivity index (χ0n) is 25.9. The maximum Gasteiger partial charge on any atom is 0.307 e. The number of carbonyl (C=O) groups is 2. The summed E-state index contributed by atoms with van der Waals surface area (Å²) in [6.07, 6.45) is 0.200. The van der Waals surface area contributed by atoms with Crippen molar-refractivity contribution in [3.8, 4) is 11.5 Å². The van der Waals surface area contributed by atoms with Gasteiger partial charge >= 0.3 is 11.9 Å². The Morgan fingerprint density at radius 2 is 0.976 bits per heavy atom. The highest BCUT2D eigenvalue weighted by atomic mass is 16.7. The van der Waals surface area contributed by atoms with E-state index in [1.54, 1.807) is 13.8 Å². The fourth-order valence-electron chi connectivity index (χ4n) is 4.00. The van der Waals surface area contributed by atoms with Gasteiger partial charge in [-0.3, -0.25) is 9.59 Å². The van der Waals surface area contributed by atoms with Gasteiger partial charge in [0, 0.05) is 31.1 Å². The zero-order chi connectivity index (χ0) is 30.4. The van der Waals surface area contributed by atoms with Gasteiger partial charge in [-0.05, 0) is 49.2 Å². The largest absolute Gasteiger partial charge is 0.491 e. The molecule has 0 saturated carbocycles. The first-order valence-electron chi connectivity index (χ1n) is 14.7. The monoisotopic (exact) mass is 572 g/mol. The first-order chi connectivity index (χ1) is 19.5. The summed E-state index contributed by atoms with van der Waals surface area (Å²) in [5.41, 5.74) is 2.06. The molecule has 0 radical (unpaired) electrons. The third-order valence-electron chi connectivity index (χ3n) is 6.66. The predicted molar refractivity (Wildman–Crippen MR) is 158 cm³/mol. The first-order valence-corrected chi connectivity index (χ1v) is 14.7. The van der Waals surface area contributed by atoms with Crippen LogP contribution in [-0.4, -0.2) is 49.9 Å². The normalized spacial score (nSPS) is 14.4. The van der Waals surface area contributed by atoms with Crippen LogP contribution in [0.25, 0.3) is 0 Å². The minimum absolute atomic E-state index is 0.234. The zero-order valence-corrected chi connectivity index (χ0v) is 25.9. The van der Waals surface area contributed by atoms with Crippen LogP contribution in [0.15, 0.2) is 48.5 Å². The van der Waals surface area contributed by atoms with Crippen molar-refractivity contribution in [2.45, 2.75) is 111 Å². The van der Waals surface area contributed by atoms with Crippen molar-refractivity contribution in [2.24, 2.45) is 0 Å². The Kier molecular flexibility index (Phi) is 14.1. The number of hydrogen-bond acceptors (Lipinski definition) is 8. The summed E-state index contributed by atoms with van der Waals surface area (Å²) in [7, 11) is 0. The second-order valence-corrected chi connectivity index (χ2v) is 10.6. The number of ether oxygens (including phenoxy) is 6. The lowest BCUT2D eigenvalue weighted by molar-refractivity contribution is -0.191. The van der Waals surface area contributed by atoms with Crippen molar-refractivity contribution in [3.63, 3.8) is 0 Å². The molecule has 228 valence electrons. The minimum Gasteiger partial charge on any atom is -0.491 e. The maximum atomic E-state index is 11.5. The van der Waals surface area contributed by atoms with Crippen molar-refractivity contribution in [1.29, 1.82) is 0 Å². The Labute approximate surface area is 245 Å². The lowest BCUT2D eigenvalue weighted by Crippen LogP contribution is -2.28. The molecule has 0 aliphatic heterocycles. The Morgan fingerprint density at radius 1 is 0.634 bits per heavy atom. The average Bonchev–Trinajstić information content (AvgIpc) is 2.98. The summed E-state index contributed by atoms with van der Waals surface area (Å²) in [4.78, 5) is 23.1. The van der Waals surface area contributed by atoms with Gasteiger partial charge in [0.05, 0.1) is 12.2 Å². The molecule has 2 aromatic rings. The van der Waals surface area contributed by atoms with E-state index >= 15 is 0 Å². The highest BCUT2D eigenvalue weighted by molar-refractivity contribution is 5.69. The molecule has 0 fully saturated rings. The van der Waals surface area contributed by atoms with Gasteiger partial charge in [-0.2, -0.15) is 0 Å². The first kappa shape index (κ1) is 34.1. The number of carbonyl (C=O) groups excluding carboxylic acids is 2. The van der Waals surface area contributed by atoms with E-state index in [9.17, 15) is 9.59 Å². The molecule has 0 bridgehead atoms. The molecule has 4 unspecified atom stereocenters. The van der Waals surface area contributed by atoms with Crippen LogP contribution in [0.5, 0.6) is 11.5 Å². The topological polar surface area (TPSA) is 89.5 Å². The SMILES string of the molecule is CCC(=O)OC(CC)OC(C)COc1ccc(C(C)(C)c2ccc(OCC(C)OC(CC)OC(=O)CC)cc2)cc1. The molecule has 0 aliphatic carbocycles. The van der Waals surface area contributed by atoms with E-state index in [0.717, 1.165) is 22.6 Å². The van der Waals surface area contributed by atoms with Crippen LogP contribution in [-0.2, 0) is 34.0 Å². The van der Waals surface area contributed by atoms with Gasteiger partial charge in [-0.25, -0.2) is 0 Å². The Balaban J connectivity index is 1.89. The molecule has 0 spiro atoms. The number of esters is 2. The number of benzene rings is 2. The molecule has 8 heteroatoms. The second-order valence-electron chi connectivity index (χ2n) is 10.6. The van der Waals surface area contributed by atoms with E-state index in [1.807, 2.05) is 52.0 Å². The molecular weight excluding hydrogens is 524 g/mol. The predicted octanol–water partition coefficient (Wildman–Crippen LogP) is 6.96. The molecule has 4 atom stereocenters. The van der Waals surface area contributed by atoms with Crippen molar-refractivity contribution >= 4 is 11.9 Å². The van der Waals surface area contributed by atoms with E-state index < -0.39 is 12.6 Å². The smallest absolute Gasteiger partial charge is 0.307 e. The van der Waals surface area contributed by atoms with Gasteiger partial charge in [0.15, 0.2) is 0 Å². The van der Waals surface area contributed by atoms with Gasteiger partial charge in [0.2, 0.25) is 12.6 Å². The van der Waals surface area contributed by atoms with E-state index in [1.165, 1.54) is 0 Å². The summed E-state index contributed by atoms with van der Waals surface area (Å²) in [5.74, 6) is 0.938. The van der Waals surface area contributed by atoms with Gasteiger partial charge in [0.25, 0.3) is 0 Å². The lowest BCUT2D eigenvalue weighted by atomic mass is 9.78. The molecule has 0 amide bonds. The van der Waals surface area contributed by atoms with Gasteiger partial charge in [-0.15, -0.1) is 0 Å². The van der Waals surface area contributed by atoms with Crippen LogP contribution in [0.4, 0.5) is 0 Å². The minimum atomic E-state index is -0.566. The van der Waals surface area contributed by atoms with E-state index in [0.29, 0.717) is 38.9 Å². The van der Waals surface area contributed by atoms with E-state index in [4.69, 9.17) is 28.4 Å². The van der Waals surface area contributed by atoms with Gasteiger partial charge < -0.3 is 28.4 Å². The van der Waals surface area contributed by atoms with E-state index in [-0.39, 0.29) is 29.6 Å². The second kappa shape index (κ2) is 17.0. The van der Waals surface area contributed by atoms with Crippen molar-refractivity contribution < 1.29 is 38.0 Å². The molecule has 0 saturated heterocycles. The molecular formula is C33H48O8. The summed E-state index contributed by atoms with van der Waals surface area (Å²) in [6.45, 7) is 16.2. The average molecular weight is 573 g/mol. The molecule has 2 rings (SSSR count). The molecule has 8 nitrogen and oxygen atoms in total. The van der Waals surface area contributed by atoms with Crippen LogP contribution < -0.4 is 9.47 Å². The van der Waals surface area contributed by atoms with E-state index in [2.05, 4.69) is 38.1 Å². The fraction of sp³-hybridized carbons (Fsp3) is 0.576. The van der Waals surface area contributed by atoms with Gasteiger partial charge in [-0.1, -0.05) is 65.8 Å². The molecule has 0 N–H and O–H groups in total. The van der Waals surface area contributed by atoms with Crippen molar-refractivity contribution in [3.05, 3.63) is 59.7 Å². The number of hydrogen-bond donors (Lipinski definition) is 0. The lowest BCUT2D eigenvalue weighted by Gasteiger charge is -2.27. The Morgan fingerprint density at radius 3 is 1.27 bits per heavy atom. The highest BCUT2D eigenvalue weighted by Crippen LogP contribution is 2.33. The van der Waals surface area contributed by atoms with Crippen LogP contribution >= 0.6 is 0 Å². The standard InChI is InChI=1S/C33H48O8/c1-9-29(34)40-31(11-3)38-23(5)21-36-27-17-13-25(14-18-27)33(7,8)26-15-19-28(20-16-26)37-22-24(6)39-32(12-4)41-30(35)10-2/h13-20,23-24,31-32H,9-12,21-22H2,1-8H3. The third kappa shape index (κ3) is 11.4. The highest BCUT2D eigenvalue weighted by Gasteiger charge is 2.24. The molecule has 2 aromatic carbocycles. The van der Waals surface area contributed by atoms with Crippen LogP contribution in [0, 0.1) is 0 Å². The molecule has 0 heterocycles. The Hall–Kier alpha value is -3.10. The molecule has 0 aliphatic rings. The third-order valence-corrected chi connectivity index (χ3v) is 6.66. The fourth-order valence-corrected chi connectivity index (χ4v) is 4.00. The van der Waals surface area contributed by atoms with Gasteiger partial charge in [0.1, 0.15) is 24.7 Å². The van der Waals surface area contributed by atoms with Crippen LogP contribution in [0.3, 0.4) is 0 Å². The van der Waals surface area contributed by atoms with Crippen molar-refractivity contribution in [2.75, 3.05) is 13.2 Å². The molecule has 41 heavy (non-hydrogen) atoms. The van der Waals surface area contributed by atoms with Crippen molar-refractivity contribution in [1.82, 2.24) is 0 Å². The van der Waals surface area contributed by atoms with Crippen LogP contribution in [0.2, 0.25) is 0 Å². The quantitative estimate of drug-likeness (QED) is 0.140. The summed E-state index contributed by atoms with van der Waals surface area (Å²) in [5, 5.41) is 0. The summed E-state index contributed by atoms with van der Waals surface area (Å²) in [6, 6.07) is 16.1. The number of rotatable bonds is 18. The summed E-state index contributed by atoms with van der Waals surface area (Å²) >= 11 is 0. The molecule has 0 aromatic heterocycles. The van der Waals surface area contributed by atoms with Crippen LogP contribution in [0.1, 0.15) is 92.2 Å². The maximum absolute atomic E-state index is 11.5. The summed E-state index contributed by atoms with van der Waals surface area (Å²) < 4.78 is 34.0. The Bertz CT molecular complexity index is 964.